The fourth-order valence-electron chi connectivity index (χ4n) is 1.63. The van der Waals surface area contributed by atoms with Gasteiger partial charge in [0.2, 0.25) is 11.8 Å². The molecule has 1 atom stereocenters. The minimum atomic E-state index is -0.568. The summed E-state index contributed by atoms with van der Waals surface area (Å²) in [6, 6.07) is 11.0. The summed E-state index contributed by atoms with van der Waals surface area (Å²) in [7, 11) is 0. The highest BCUT2D eigenvalue weighted by Crippen LogP contribution is 2.18. The number of hydrogen-bond donors (Lipinski definition) is 2. The first-order valence-corrected chi connectivity index (χ1v) is 7.34. The van der Waals surface area contributed by atoms with Crippen molar-refractivity contribution in [1.82, 2.24) is 5.16 Å². The van der Waals surface area contributed by atoms with E-state index in [0.717, 1.165) is 5.56 Å². The molecule has 2 aromatic rings. The number of aliphatic hydroxyl groups is 1. The summed E-state index contributed by atoms with van der Waals surface area (Å²) in [5, 5.41) is 16.2. The smallest absolute Gasteiger partial charge is 0.236 e. The quantitative estimate of drug-likeness (QED) is 0.855. The normalized spacial score (nSPS) is 12.1. The highest BCUT2D eigenvalue weighted by molar-refractivity contribution is 7.99. The molecule has 0 fully saturated rings. The fraction of sp³-hybridized carbons (Fsp3) is 0.286. The minimum absolute atomic E-state index is 0.175. The Morgan fingerprint density at radius 1 is 1.45 bits per heavy atom. The van der Waals surface area contributed by atoms with Crippen molar-refractivity contribution in [2.75, 3.05) is 16.8 Å². The number of nitrogens with one attached hydrogen (secondary N) is 1. The number of amides is 1. The van der Waals surface area contributed by atoms with Crippen LogP contribution in [0.2, 0.25) is 0 Å². The molecule has 1 unspecified atom stereocenters. The van der Waals surface area contributed by atoms with Crippen molar-refractivity contribution < 1.29 is 14.4 Å². The van der Waals surface area contributed by atoms with Crippen LogP contribution >= 0.6 is 11.8 Å². The Bertz CT molecular complexity index is 557. The van der Waals surface area contributed by atoms with Crippen molar-refractivity contribution in [3.63, 3.8) is 0 Å². The number of thioether (sulfide) groups is 1. The third kappa shape index (κ3) is 4.40. The molecule has 1 heterocycles. The molecule has 2 rings (SSSR count). The first-order chi connectivity index (χ1) is 9.65. The number of nitrogens with zero attached hydrogens (tertiary/aromatic N) is 1. The monoisotopic (exact) mass is 292 g/mol. The highest BCUT2D eigenvalue weighted by atomic mass is 32.2. The molecule has 1 aromatic carbocycles. The van der Waals surface area contributed by atoms with Crippen LogP contribution in [0.5, 0.6) is 0 Å². The largest absolute Gasteiger partial charge is 0.388 e. The molecule has 1 aromatic heterocycles. The van der Waals surface area contributed by atoms with Crippen LogP contribution in [0, 0.1) is 6.92 Å². The van der Waals surface area contributed by atoms with Crippen LogP contribution in [-0.2, 0) is 4.79 Å². The molecule has 0 bridgehead atoms. The number of aromatic nitrogens is 1. The standard InChI is InChI=1S/C14H16N2O3S/c1-10-7-14(19-16-10)15-13(18)9-20-8-12(17)11-5-3-2-4-6-11/h2-7,12,17H,8-9H2,1H3,(H,15,18). The number of aliphatic hydroxyl groups excluding tert-OH is 1. The van der Waals surface area contributed by atoms with Crippen LogP contribution in [0.1, 0.15) is 17.4 Å². The Hall–Kier alpha value is -1.79. The number of anilines is 1. The summed E-state index contributed by atoms with van der Waals surface area (Å²) in [6.07, 6.45) is -0.568. The number of rotatable bonds is 6. The number of aryl methyl sites for hydroxylation is 1. The van der Waals surface area contributed by atoms with E-state index in [4.69, 9.17) is 4.52 Å². The van der Waals surface area contributed by atoms with Gasteiger partial charge in [0.15, 0.2) is 0 Å². The molecule has 1 amide bonds. The van der Waals surface area contributed by atoms with Crippen LogP contribution in [0.4, 0.5) is 5.88 Å². The van der Waals surface area contributed by atoms with Gasteiger partial charge in [-0.15, -0.1) is 11.8 Å². The summed E-state index contributed by atoms with van der Waals surface area (Å²) >= 11 is 1.37. The van der Waals surface area contributed by atoms with Gasteiger partial charge in [-0.1, -0.05) is 35.5 Å². The second-order valence-corrected chi connectivity index (χ2v) is 5.35. The van der Waals surface area contributed by atoms with Crippen molar-refractivity contribution in [3.8, 4) is 0 Å². The van der Waals surface area contributed by atoms with E-state index < -0.39 is 6.10 Å². The second kappa shape index (κ2) is 7.12. The third-order valence-corrected chi connectivity index (χ3v) is 3.60. The van der Waals surface area contributed by atoms with E-state index in [0.29, 0.717) is 17.3 Å². The second-order valence-electron chi connectivity index (χ2n) is 4.32. The van der Waals surface area contributed by atoms with E-state index in [1.807, 2.05) is 30.3 Å². The number of carbonyl (C=O) groups excluding carboxylic acids is 1. The van der Waals surface area contributed by atoms with Crippen molar-refractivity contribution >= 4 is 23.6 Å². The molecular weight excluding hydrogens is 276 g/mol. The van der Waals surface area contributed by atoms with Gasteiger partial charge in [0.1, 0.15) is 0 Å². The summed E-state index contributed by atoms with van der Waals surface area (Å²) in [6.45, 7) is 1.78. The average Bonchev–Trinajstić information content (AvgIpc) is 2.85. The number of hydrogen-bond acceptors (Lipinski definition) is 5. The van der Waals surface area contributed by atoms with Crippen molar-refractivity contribution in [2.24, 2.45) is 0 Å². The highest BCUT2D eigenvalue weighted by Gasteiger charge is 2.10. The predicted molar refractivity (Wildman–Crippen MR) is 78.6 cm³/mol. The van der Waals surface area contributed by atoms with Crippen LogP contribution in [0.15, 0.2) is 40.9 Å². The Morgan fingerprint density at radius 3 is 2.85 bits per heavy atom. The van der Waals surface area contributed by atoms with E-state index in [-0.39, 0.29) is 11.7 Å². The zero-order valence-electron chi connectivity index (χ0n) is 11.1. The fourth-order valence-corrected chi connectivity index (χ4v) is 2.42. The summed E-state index contributed by atoms with van der Waals surface area (Å²) in [4.78, 5) is 11.6. The Kier molecular flexibility index (Phi) is 5.20. The van der Waals surface area contributed by atoms with Gasteiger partial charge in [-0.05, 0) is 12.5 Å². The van der Waals surface area contributed by atoms with Crippen molar-refractivity contribution in [3.05, 3.63) is 47.7 Å². The SMILES string of the molecule is Cc1cc(NC(=O)CSCC(O)c2ccccc2)on1. The Morgan fingerprint density at radius 2 is 2.20 bits per heavy atom. The summed E-state index contributed by atoms with van der Waals surface area (Å²) in [5.41, 5.74) is 1.57. The lowest BCUT2D eigenvalue weighted by molar-refractivity contribution is -0.113. The maximum absolute atomic E-state index is 11.6. The zero-order valence-corrected chi connectivity index (χ0v) is 11.9. The molecular formula is C14H16N2O3S. The molecule has 0 spiro atoms. The lowest BCUT2D eigenvalue weighted by Gasteiger charge is -2.09. The lowest BCUT2D eigenvalue weighted by Crippen LogP contribution is -2.14. The Balaban J connectivity index is 1.71. The lowest BCUT2D eigenvalue weighted by atomic mass is 10.1. The molecule has 0 aliphatic rings. The summed E-state index contributed by atoms with van der Waals surface area (Å²) < 4.78 is 4.89. The topological polar surface area (TPSA) is 75.4 Å². The van der Waals surface area contributed by atoms with Gasteiger partial charge < -0.3 is 9.63 Å². The zero-order chi connectivity index (χ0) is 14.4. The van der Waals surface area contributed by atoms with Crippen molar-refractivity contribution in [1.29, 1.82) is 0 Å². The molecule has 0 aliphatic carbocycles. The van der Waals surface area contributed by atoms with Crippen LogP contribution < -0.4 is 5.32 Å². The molecule has 106 valence electrons. The third-order valence-electron chi connectivity index (χ3n) is 2.58. The van der Waals surface area contributed by atoms with Crippen LogP contribution in [0.25, 0.3) is 0 Å². The maximum atomic E-state index is 11.6. The van der Waals surface area contributed by atoms with E-state index in [9.17, 15) is 9.90 Å². The molecule has 20 heavy (non-hydrogen) atoms. The van der Waals surface area contributed by atoms with Gasteiger partial charge in [0.05, 0.1) is 17.6 Å². The van der Waals surface area contributed by atoms with Gasteiger partial charge in [-0.25, -0.2) is 0 Å². The minimum Gasteiger partial charge on any atom is -0.388 e. The molecule has 0 aliphatic heterocycles. The van der Waals surface area contributed by atoms with Gasteiger partial charge in [0, 0.05) is 11.8 Å². The molecule has 0 radical (unpaired) electrons. The molecule has 2 N–H and O–H groups in total. The van der Waals surface area contributed by atoms with Crippen LogP contribution in [0.3, 0.4) is 0 Å². The van der Waals surface area contributed by atoms with Gasteiger partial charge in [-0.2, -0.15) is 0 Å². The summed E-state index contributed by atoms with van der Waals surface area (Å²) in [5.74, 6) is 0.888. The van der Waals surface area contributed by atoms with Crippen LogP contribution in [-0.4, -0.2) is 27.7 Å². The first-order valence-electron chi connectivity index (χ1n) is 6.19. The van der Waals surface area contributed by atoms with E-state index in [1.165, 1.54) is 11.8 Å². The van der Waals surface area contributed by atoms with Gasteiger partial charge >= 0.3 is 0 Å². The number of benzene rings is 1. The molecule has 0 saturated carbocycles. The molecule has 5 nitrogen and oxygen atoms in total. The maximum Gasteiger partial charge on any atom is 0.236 e. The average molecular weight is 292 g/mol. The predicted octanol–water partition coefficient (Wildman–Crippen LogP) is 2.39. The molecule has 6 heteroatoms. The van der Waals surface area contributed by atoms with E-state index in [2.05, 4.69) is 10.5 Å². The Labute approximate surface area is 121 Å². The van der Waals surface area contributed by atoms with E-state index in [1.54, 1.807) is 13.0 Å². The molecule has 0 saturated heterocycles. The van der Waals surface area contributed by atoms with Crippen molar-refractivity contribution in [2.45, 2.75) is 13.0 Å². The van der Waals surface area contributed by atoms with Gasteiger partial charge in [-0.3, -0.25) is 10.1 Å². The number of carbonyl (C=O) groups is 1. The van der Waals surface area contributed by atoms with Gasteiger partial charge in [0.25, 0.3) is 0 Å². The first kappa shape index (κ1) is 14.6. The van der Waals surface area contributed by atoms with E-state index >= 15 is 0 Å².